The van der Waals surface area contributed by atoms with Crippen LogP contribution in [0.2, 0.25) is 0 Å². The Morgan fingerprint density at radius 2 is 1.74 bits per heavy atom. The second kappa shape index (κ2) is 16.3. The van der Waals surface area contributed by atoms with Crippen molar-refractivity contribution in [2.45, 2.75) is 71.3 Å². The molecule has 2 aromatic carbocycles. The minimum Gasteiger partial charge on any atom is -0.396 e. The van der Waals surface area contributed by atoms with E-state index in [2.05, 4.69) is 32.8 Å². The number of rotatable bonds is 14. The lowest BCUT2D eigenvalue weighted by molar-refractivity contribution is -0.130. The third kappa shape index (κ3) is 8.85. The van der Waals surface area contributed by atoms with Crippen molar-refractivity contribution < 1.29 is 19.5 Å². The van der Waals surface area contributed by atoms with E-state index in [0.717, 1.165) is 60.9 Å². The minimum absolute atomic E-state index is 0.00875. The van der Waals surface area contributed by atoms with Crippen molar-refractivity contribution in [2.24, 2.45) is 45.0 Å². The first kappa shape index (κ1) is 36.5. The summed E-state index contributed by atoms with van der Waals surface area (Å²) in [6, 6.07) is 17.3. The summed E-state index contributed by atoms with van der Waals surface area (Å²) in [4.78, 5) is 44.5. The zero-order chi connectivity index (χ0) is 35.8. The number of pyridine rings is 1. The van der Waals surface area contributed by atoms with E-state index in [1.54, 1.807) is 30.3 Å². The molecule has 0 aliphatic heterocycles. The van der Waals surface area contributed by atoms with Crippen LogP contribution in [0.4, 0.5) is 5.69 Å². The second-order valence-corrected chi connectivity index (χ2v) is 14.1. The molecular formula is C38H48N8O4. The number of nitrogens with two attached hydrogens (primary N) is 2. The maximum absolute atomic E-state index is 13.6. The fourth-order valence-corrected chi connectivity index (χ4v) is 6.92. The van der Waals surface area contributed by atoms with Crippen molar-refractivity contribution in [3.8, 4) is 11.1 Å². The maximum atomic E-state index is 13.6. The molecule has 2 amide bonds. The molecule has 1 heterocycles. The zero-order valence-corrected chi connectivity index (χ0v) is 28.8. The van der Waals surface area contributed by atoms with Gasteiger partial charge in [-0.1, -0.05) is 37.3 Å². The molecule has 2 fully saturated rings. The number of hydrogen-bond acceptors (Lipinski definition) is 9. The molecule has 0 spiro atoms. The Bertz CT molecular complexity index is 1720. The van der Waals surface area contributed by atoms with Crippen LogP contribution in [-0.2, 0) is 16.0 Å². The molecule has 3 atom stereocenters. The topological polar surface area (TPSA) is 209 Å². The molecule has 50 heavy (non-hydrogen) atoms. The van der Waals surface area contributed by atoms with Gasteiger partial charge in [0.2, 0.25) is 11.8 Å². The number of hydrogen-bond donors (Lipinski definition) is 6. The summed E-state index contributed by atoms with van der Waals surface area (Å²) in [5.74, 6) is 5.53. The maximum Gasteiger partial charge on any atom is 0.247 e. The van der Waals surface area contributed by atoms with Crippen molar-refractivity contribution in [3.63, 3.8) is 0 Å². The molecule has 3 aromatic rings. The minimum atomic E-state index is -0.829. The number of ketones is 1. The van der Waals surface area contributed by atoms with Gasteiger partial charge in [0.05, 0.1) is 0 Å². The fraction of sp³-hybridized carbons (Fsp3) is 0.447. The molecule has 1 unspecified atom stereocenters. The van der Waals surface area contributed by atoms with Gasteiger partial charge in [-0.15, -0.1) is 5.11 Å². The number of aliphatic hydroxyl groups is 1. The van der Waals surface area contributed by atoms with E-state index in [4.69, 9.17) is 17.1 Å². The highest BCUT2D eigenvalue weighted by Crippen LogP contribution is 2.54. The third-order valence-corrected chi connectivity index (χ3v) is 10.5. The van der Waals surface area contributed by atoms with Crippen LogP contribution in [0.5, 0.6) is 0 Å². The lowest BCUT2D eigenvalue weighted by atomic mass is 9.81. The average Bonchev–Trinajstić information content (AvgIpc) is 3.81. The van der Waals surface area contributed by atoms with Gasteiger partial charge in [-0.05, 0) is 111 Å². The van der Waals surface area contributed by atoms with Gasteiger partial charge in [0.1, 0.15) is 11.7 Å². The summed E-state index contributed by atoms with van der Waals surface area (Å²) in [7, 11) is 0. The highest BCUT2D eigenvalue weighted by atomic mass is 16.3. The molecule has 5 rings (SSSR count). The van der Waals surface area contributed by atoms with Crippen LogP contribution in [0.1, 0.15) is 79.2 Å². The standard InChI is InChI=1S/C38H48N8O4/c1-23-31(16-17-32(42-23)34(48)18-13-29-20-38(29,2)22-47)26-7-3-24(4-8-26)19-33(44-36(49)28-9-5-25(21-39)6-10-28)37(50)43-30-14-11-27(12-15-30)35(45-40)46-41/h3-4,7-8,11-12,14-17,25,28-29,33,40,47H,5-6,9-10,13,18-22,39,41H2,1-2H3,(H,43,50)(H,44,49)/b45-40?,46-35-/t25?,28?,29-,33+,38?/m1/s1. The number of amidine groups is 1. The Morgan fingerprint density at radius 1 is 1.04 bits per heavy atom. The van der Waals surface area contributed by atoms with Gasteiger partial charge in [-0.3, -0.25) is 14.4 Å². The van der Waals surface area contributed by atoms with Gasteiger partial charge in [0.15, 0.2) is 11.6 Å². The lowest BCUT2D eigenvalue weighted by Gasteiger charge is -2.28. The van der Waals surface area contributed by atoms with Crippen LogP contribution < -0.4 is 22.2 Å². The van der Waals surface area contributed by atoms with E-state index >= 15 is 0 Å². The van der Waals surface area contributed by atoms with Gasteiger partial charge in [0, 0.05) is 47.9 Å². The molecule has 12 nitrogen and oxygen atoms in total. The summed E-state index contributed by atoms with van der Waals surface area (Å²) in [6.45, 7) is 4.72. The van der Waals surface area contributed by atoms with Gasteiger partial charge in [-0.25, -0.2) is 10.5 Å². The number of hydrazone groups is 1. The Morgan fingerprint density at radius 3 is 2.32 bits per heavy atom. The van der Waals surface area contributed by atoms with Gasteiger partial charge in [0.25, 0.3) is 0 Å². The van der Waals surface area contributed by atoms with Gasteiger partial charge >= 0.3 is 0 Å². The number of nitrogens with one attached hydrogen (secondary N) is 3. The van der Waals surface area contributed by atoms with Crippen LogP contribution in [-0.4, -0.2) is 52.7 Å². The first-order valence-corrected chi connectivity index (χ1v) is 17.4. The Balaban J connectivity index is 1.26. The molecule has 2 saturated carbocycles. The van der Waals surface area contributed by atoms with E-state index in [-0.39, 0.29) is 47.8 Å². The van der Waals surface area contributed by atoms with Crippen molar-refractivity contribution in [1.29, 1.82) is 5.53 Å². The highest BCUT2D eigenvalue weighted by molar-refractivity contribution is 6.00. The van der Waals surface area contributed by atoms with Crippen LogP contribution in [0.3, 0.4) is 0 Å². The van der Waals surface area contributed by atoms with Gasteiger partial charge in [-0.2, -0.15) is 5.10 Å². The molecule has 2 aliphatic rings. The first-order chi connectivity index (χ1) is 24.1. The largest absolute Gasteiger partial charge is 0.396 e. The molecule has 264 valence electrons. The summed E-state index contributed by atoms with van der Waals surface area (Å²) >= 11 is 0. The third-order valence-electron chi connectivity index (χ3n) is 10.5. The first-order valence-electron chi connectivity index (χ1n) is 17.4. The quantitative estimate of drug-likeness (QED) is 0.0338. The summed E-state index contributed by atoms with van der Waals surface area (Å²) in [5, 5.41) is 22.2. The number of carbonyl (C=O) groups excluding carboxylic acids is 3. The second-order valence-electron chi connectivity index (χ2n) is 14.1. The van der Waals surface area contributed by atoms with Gasteiger partial charge < -0.3 is 27.3 Å². The molecular weight excluding hydrogens is 632 g/mol. The number of carbonyl (C=O) groups is 3. The molecule has 2 aliphatic carbocycles. The SMILES string of the molecule is Cc1nc(C(=O)CC[C@@H]2CC2(C)CO)ccc1-c1ccc(C[C@H](NC(=O)C2CCC(CN)CC2)C(=O)Nc2ccc(/C(N=N)=N/N)cc2)cc1. The molecule has 12 heteroatoms. The predicted octanol–water partition coefficient (Wildman–Crippen LogP) is 5.12. The van der Waals surface area contributed by atoms with E-state index in [1.165, 1.54) is 0 Å². The number of nitrogens with zero attached hydrogens (tertiary/aromatic N) is 3. The summed E-state index contributed by atoms with van der Waals surface area (Å²) in [5.41, 5.74) is 18.0. The number of Topliss-reactive ketones (excluding diaryl/α,β-unsaturated/α-hetero) is 1. The molecule has 0 saturated heterocycles. The molecule has 0 bridgehead atoms. The van der Waals surface area contributed by atoms with Crippen LogP contribution in [0, 0.1) is 35.6 Å². The highest BCUT2D eigenvalue weighted by Gasteiger charge is 2.48. The van der Waals surface area contributed by atoms with Crippen LogP contribution in [0.25, 0.3) is 11.1 Å². The zero-order valence-electron chi connectivity index (χ0n) is 28.8. The Hall–Kier alpha value is -4.81. The number of aryl methyl sites for hydroxylation is 1. The smallest absolute Gasteiger partial charge is 0.247 e. The van der Waals surface area contributed by atoms with Crippen molar-refractivity contribution in [3.05, 3.63) is 83.2 Å². The average molecular weight is 681 g/mol. The van der Waals surface area contributed by atoms with Crippen LogP contribution in [0.15, 0.2) is 70.9 Å². The molecule has 0 radical (unpaired) electrons. The van der Waals surface area contributed by atoms with E-state index in [9.17, 15) is 19.5 Å². The predicted molar refractivity (Wildman–Crippen MR) is 192 cm³/mol. The summed E-state index contributed by atoms with van der Waals surface area (Å²) in [6.07, 6.45) is 5.68. The number of anilines is 1. The lowest BCUT2D eigenvalue weighted by Crippen LogP contribution is -2.48. The Labute approximate surface area is 293 Å². The number of amides is 2. The molecule has 8 N–H and O–H groups in total. The number of benzene rings is 2. The number of aromatic nitrogens is 1. The van der Waals surface area contributed by atoms with Crippen LogP contribution >= 0.6 is 0 Å². The summed E-state index contributed by atoms with van der Waals surface area (Å²) < 4.78 is 0. The monoisotopic (exact) mass is 680 g/mol. The van der Waals surface area contributed by atoms with Crippen molar-refractivity contribution in [1.82, 2.24) is 10.3 Å². The molecule has 1 aromatic heterocycles. The van der Waals surface area contributed by atoms with Crippen molar-refractivity contribution in [2.75, 3.05) is 18.5 Å². The van der Waals surface area contributed by atoms with Crippen molar-refractivity contribution >= 4 is 29.1 Å². The Kier molecular flexibility index (Phi) is 11.9. The van der Waals surface area contributed by atoms with E-state index in [1.807, 2.05) is 37.3 Å². The van der Waals surface area contributed by atoms with E-state index in [0.29, 0.717) is 41.7 Å². The number of aliphatic hydroxyl groups excluding tert-OH is 1. The van der Waals surface area contributed by atoms with E-state index < -0.39 is 6.04 Å². The normalized spacial score (nSPS) is 22.3. The fourth-order valence-electron chi connectivity index (χ4n) is 6.92.